The fourth-order valence-corrected chi connectivity index (χ4v) is 5.50. The summed E-state index contributed by atoms with van der Waals surface area (Å²) in [4.78, 5) is 55.9. The molecule has 0 spiro atoms. The first-order chi connectivity index (χ1) is 19.8. The molecule has 1 saturated heterocycles. The van der Waals surface area contributed by atoms with E-state index in [-0.39, 0.29) is 55.8 Å². The number of amides is 3. The SMILES string of the molecule is C=CCOC(=O)N1C[C@@H](SC(=O)OC(C)(C)C)C[C@H]1CNC(=O)Cc1ccc(C(=O)NCc2ccc(Cl)c(Cl)c2)cn1. The maximum atomic E-state index is 12.7. The van der Waals surface area contributed by atoms with E-state index in [1.807, 2.05) is 0 Å². The molecule has 0 aliphatic carbocycles. The number of aromatic nitrogens is 1. The quantitative estimate of drug-likeness (QED) is 0.262. The number of rotatable bonds is 10. The van der Waals surface area contributed by atoms with Crippen molar-refractivity contribution in [2.45, 2.75) is 57.1 Å². The molecule has 0 saturated carbocycles. The lowest BCUT2D eigenvalue weighted by Gasteiger charge is -2.24. The molecule has 2 N–H and O–H groups in total. The molecule has 0 unspecified atom stereocenters. The van der Waals surface area contributed by atoms with Crippen molar-refractivity contribution in [2.24, 2.45) is 0 Å². The summed E-state index contributed by atoms with van der Waals surface area (Å²) in [5.74, 6) is -0.630. The van der Waals surface area contributed by atoms with Gasteiger partial charge in [-0.2, -0.15) is 0 Å². The summed E-state index contributed by atoms with van der Waals surface area (Å²) >= 11 is 13.0. The first-order valence-corrected chi connectivity index (χ1v) is 14.9. The Bertz CT molecular complexity index is 1300. The number of carbonyl (C=O) groups is 4. The van der Waals surface area contributed by atoms with Crippen molar-refractivity contribution in [1.29, 1.82) is 0 Å². The summed E-state index contributed by atoms with van der Waals surface area (Å²) in [5, 5.41) is 5.83. The lowest BCUT2D eigenvalue weighted by Crippen LogP contribution is -2.43. The molecule has 1 aliphatic rings. The first kappa shape index (κ1) is 33.2. The number of thioether (sulfide) groups is 1. The fourth-order valence-electron chi connectivity index (χ4n) is 4.06. The second-order valence-electron chi connectivity index (χ2n) is 10.6. The van der Waals surface area contributed by atoms with Crippen LogP contribution in [-0.2, 0) is 27.2 Å². The van der Waals surface area contributed by atoms with E-state index in [9.17, 15) is 19.2 Å². The normalized spacial score (nSPS) is 16.5. The maximum absolute atomic E-state index is 12.7. The lowest BCUT2D eigenvalue weighted by atomic mass is 10.2. The molecule has 3 amide bonds. The Morgan fingerprint density at radius 1 is 1.14 bits per heavy atom. The summed E-state index contributed by atoms with van der Waals surface area (Å²) in [6.07, 6.45) is 2.78. The van der Waals surface area contributed by atoms with Crippen LogP contribution in [0.4, 0.5) is 9.59 Å². The lowest BCUT2D eigenvalue weighted by molar-refractivity contribution is -0.120. The number of halogens is 2. The molecule has 0 bridgehead atoms. The molecule has 2 heterocycles. The first-order valence-electron chi connectivity index (χ1n) is 13.2. The van der Waals surface area contributed by atoms with Gasteiger partial charge in [-0.05, 0) is 68.8 Å². The van der Waals surface area contributed by atoms with Crippen LogP contribution >= 0.6 is 35.0 Å². The van der Waals surface area contributed by atoms with Gasteiger partial charge in [-0.3, -0.25) is 14.6 Å². The van der Waals surface area contributed by atoms with Gasteiger partial charge in [0.2, 0.25) is 5.91 Å². The molecular weight excluding hydrogens is 603 g/mol. The molecule has 1 fully saturated rings. The number of nitrogens with one attached hydrogen (secondary N) is 2. The Kier molecular flexibility index (Phi) is 12.1. The molecule has 1 aromatic heterocycles. The van der Waals surface area contributed by atoms with Crippen molar-refractivity contribution in [2.75, 3.05) is 19.7 Å². The van der Waals surface area contributed by atoms with E-state index < -0.39 is 17.0 Å². The summed E-state index contributed by atoms with van der Waals surface area (Å²) < 4.78 is 10.6. The summed E-state index contributed by atoms with van der Waals surface area (Å²) in [6, 6.07) is 7.93. The summed E-state index contributed by atoms with van der Waals surface area (Å²) in [5.41, 5.74) is 0.984. The summed E-state index contributed by atoms with van der Waals surface area (Å²) in [7, 11) is 0. The molecule has 226 valence electrons. The average molecular weight is 638 g/mol. The minimum atomic E-state index is -0.624. The van der Waals surface area contributed by atoms with Gasteiger partial charge in [-0.1, -0.05) is 41.9 Å². The number of likely N-dealkylation sites (tertiary alicyclic amines) is 1. The Balaban J connectivity index is 1.51. The average Bonchev–Trinajstić information content (AvgIpc) is 3.32. The monoisotopic (exact) mass is 636 g/mol. The van der Waals surface area contributed by atoms with Crippen LogP contribution in [0.2, 0.25) is 10.0 Å². The van der Waals surface area contributed by atoms with Crippen molar-refractivity contribution in [3.05, 3.63) is 76.0 Å². The summed E-state index contributed by atoms with van der Waals surface area (Å²) in [6.45, 7) is 9.66. The van der Waals surface area contributed by atoms with Gasteiger partial charge < -0.3 is 25.0 Å². The predicted molar refractivity (Wildman–Crippen MR) is 163 cm³/mol. The van der Waals surface area contributed by atoms with E-state index in [4.69, 9.17) is 32.7 Å². The highest BCUT2D eigenvalue weighted by atomic mass is 35.5. The number of benzene rings is 1. The number of pyridine rings is 1. The molecule has 2 aromatic rings. The third-order valence-electron chi connectivity index (χ3n) is 5.99. The molecule has 2 atom stereocenters. The zero-order valence-electron chi connectivity index (χ0n) is 23.7. The zero-order chi connectivity index (χ0) is 30.9. The minimum Gasteiger partial charge on any atom is -0.452 e. The van der Waals surface area contributed by atoms with Gasteiger partial charge in [-0.25, -0.2) is 9.59 Å². The zero-order valence-corrected chi connectivity index (χ0v) is 26.0. The maximum Gasteiger partial charge on any atom is 0.410 e. The van der Waals surface area contributed by atoms with Crippen LogP contribution in [0.15, 0.2) is 49.2 Å². The van der Waals surface area contributed by atoms with E-state index in [0.717, 1.165) is 17.3 Å². The number of hydrogen-bond acceptors (Lipinski definition) is 8. The van der Waals surface area contributed by atoms with Crippen molar-refractivity contribution in [3.63, 3.8) is 0 Å². The third kappa shape index (κ3) is 10.5. The van der Waals surface area contributed by atoms with Gasteiger partial charge >= 0.3 is 11.4 Å². The minimum absolute atomic E-state index is 0.0190. The Morgan fingerprint density at radius 2 is 1.90 bits per heavy atom. The topological polar surface area (TPSA) is 127 Å². The van der Waals surface area contributed by atoms with Gasteiger partial charge in [0, 0.05) is 36.8 Å². The van der Waals surface area contributed by atoms with Crippen LogP contribution in [-0.4, -0.2) is 69.7 Å². The van der Waals surface area contributed by atoms with Crippen LogP contribution in [0.5, 0.6) is 0 Å². The second-order valence-corrected chi connectivity index (χ2v) is 12.6. The molecule has 1 aliphatic heterocycles. The predicted octanol–water partition coefficient (Wildman–Crippen LogP) is 5.41. The van der Waals surface area contributed by atoms with Crippen LogP contribution in [0, 0.1) is 0 Å². The molecule has 1 aromatic carbocycles. The van der Waals surface area contributed by atoms with E-state index >= 15 is 0 Å². The van der Waals surface area contributed by atoms with Gasteiger partial charge in [0.25, 0.3) is 5.91 Å². The van der Waals surface area contributed by atoms with Gasteiger partial charge in [0.15, 0.2) is 0 Å². The third-order valence-corrected chi connectivity index (χ3v) is 7.68. The molecule has 0 radical (unpaired) electrons. The molecule has 10 nitrogen and oxygen atoms in total. The Labute approximate surface area is 259 Å². The van der Waals surface area contributed by atoms with Gasteiger partial charge in [-0.15, -0.1) is 0 Å². The highest BCUT2D eigenvalue weighted by Gasteiger charge is 2.38. The van der Waals surface area contributed by atoms with Crippen molar-refractivity contribution < 1.29 is 28.7 Å². The van der Waals surface area contributed by atoms with Crippen molar-refractivity contribution in [3.8, 4) is 0 Å². The molecular formula is C29H34Cl2N4O6S. The van der Waals surface area contributed by atoms with Gasteiger partial charge in [0.1, 0.15) is 12.2 Å². The standard InChI is InChI=1S/C29H34Cl2N4O6S/c1-5-10-40-27(38)35-17-22(42-28(39)41-29(2,3)4)13-21(35)16-33-25(36)12-20-8-7-19(15-32-20)26(37)34-14-18-6-9-23(30)24(31)11-18/h5-9,11,15,21-22H,1,10,12-14,16-17H2,2-4H3,(H,33,36)(H,34,37)/t21-,22-/m0/s1. The van der Waals surface area contributed by atoms with E-state index in [1.165, 1.54) is 17.2 Å². The van der Waals surface area contributed by atoms with Crippen LogP contribution in [0.1, 0.15) is 48.8 Å². The van der Waals surface area contributed by atoms with Crippen LogP contribution in [0.3, 0.4) is 0 Å². The highest BCUT2D eigenvalue weighted by Crippen LogP contribution is 2.30. The fraction of sp³-hybridized carbons (Fsp3) is 0.414. The molecule has 42 heavy (non-hydrogen) atoms. The van der Waals surface area contributed by atoms with Crippen molar-refractivity contribution in [1.82, 2.24) is 20.5 Å². The van der Waals surface area contributed by atoms with Crippen LogP contribution in [0.25, 0.3) is 0 Å². The number of carbonyl (C=O) groups excluding carboxylic acids is 4. The van der Waals surface area contributed by atoms with E-state index in [0.29, 0.717) is 27.7 Å². The number of hydrogen-bond donors (Lipinski definition) is 2. The van der Waals surface area contributed by atoms with Crippen molar-refractivity contribution >= 4 is 58.2 Å². The Morgan fingerprint density at radius 3 is 2.55 bits per heavy atom. The number of nitrogens with zero attached hydrogens (tertiary/aromatic N) is 2. The van der Waals surface area contributed by atoms with Gasteiger partial charge in [0.05, 0.1) is 28.1 Å². The largest absolute Gasteiger partial charge is 0.452 e. The molecule has 3 rings (SSSR count). The Hall–Kier alpha value is -3.28. The highest BCUT2D eigenvalue weighted by molar-refractivity contribution is 8.13. The second kappa shape index (κ2) is 15.3. The molecule has 13 heteroatoms. The smallest absolute Gasteiger partial charge is 0.410 e. The van der Waals surface area contributed by atoms with E-state index in [2.05, 4.69) is 22.2 Å². The van der Waals surface area contributed by atoms with Crippen LogP contribution < -0.4 is 10.6 Å². The number of ether oxygens (including phenoxy) is 2. The van der Waals surface area contributed by atoms with E-state index in [1.54, 1.807) is 51.1 Å².